The predicted octanol–water partition coefficient (Wildman–Crippen LogP) is 1.99. The molecular weight excluding hydrogens is 196 g/mol. The van der Waals surface area contributed by atoms with E-state index in [2.05, 4.69) is 39.0 Å². The summed E-state index contributed by atoms with van der Waals surface area (Å²) in [7, 11) is 0. The van der Waals surface area contributed by atoms with E-state index in [-0.39, 0.29) is 5.41 Å². The summed E-state index contributed by atoms with van der Waals surface area (Å²) < 4.78 is 0. The molecule has 0 unspecified atom stereocenters. The lowest BCUT2D eigenvalue weighted by Crippen LogP contribution is -2.14. The lowest BCUT2D eigenvalue weighted by Gasteiger charge is -2.21. The molecular formula is C14H24N2. The summed E-state index contributed by atoms with van der Waals surface area (Å²) >= 11 is 0. The van der Waals surface area contributed by atoms with E-state index < -0.39 is 0 Å². The average molecular weight is 220 g/mol. The molecule has 1 rings (SSSR count). The Morgan fingerprint density at radius 1 is 0.938 bits per heavy atom. The molecule has 0 saturated heterocycles. The Labute approximate surface area is 99.0 Å². The summed E-state index contributed by atoms with van der Waals surface area (Å²) in [5.74, 6) is 0. The predicted molar refractivity (Wildman–Crippen MR) is 70.7 cm³/mol. The molecule has 0 atom stereocenters. The van der Waals surface area contributed by atoms with Gasteiger partial charge in [0.2, 0.25) is 0 Å². The van der Waals surface area contributed by atoms with Crippen LogP contribution in [0.4, 0.5) is 0 Å². The molecule has 0 bridgehead atoms. The van der Waals surface area contributed by atoms with Crippen molar-refractivity contribution in [1.82, 2.24) is 0 Å². The highest BCUT2D eigenvalue weighted by atomic mass is 14.5. The zero-order valence-electron chi connectivity index (χ0n) is 10.7. The molecule has 0 aliphatic carbocycles. The molecule has 0 aliphatic heterocycles. The summed E-state index contributed by atoms with van der Waals surface area (Å²) in [6.45, 7) is 8.10. The Bertz CT molecular complexity index is 337. The standard InChI is InChI=1S/C14H24N2/c1-14(2,3)13-5-4-11(6-8-15)12(10-13)7-9-16/h4-5,10H,6-9,15-16H2,1-3H3. The van der Waals surface area contributed by atoms with Crippen molar-refractivity contribution in [3.05, 3.63) is 34.9 Å². The van der Waals surface area contributed by atoms with E-state index in [0.29, 0.717) is 13.1 Å². The van der Waals surface area contributed by atoms with E-state index in [0.717, 1.165) is 12.8 Å². The van der Waals surface area contributed by atoms with Gasteiger partial charge in [-0.05, 0) is 48.0 Å². The molecule has 0 saturated carbocycles. The first-order chi connectivity index (χ1) is 7.49. The van der Waals surface area contributed by atoms with Crippen LogP contribution in [0.5, 0.6) is 0 Å². The second kappa shape index (κ2) is 5.46. The molecule has 0 aliphatic rings. The molecule has 0 amide bonds. The molecule has 2 nitrogen and oxygen atoms in total. The summed E-state index contributed by atoms with van der Waals surface area (Å²) in [5, 5.41) is 0. The lowest BCUT2D eigenvalue weighted by molar-refractivity contribution is 0.588. The van der Waals surface area contributed by atoms with Gasteiger partial charge in [0.15, 0.2) is 0 Å². The Hall–Kier alpha value is -0.860. The van der Waals surface area contributed by atoms with E-state index in [1.54, 1.807) is 0 Å². The smallest absolute Gasteiger partial charge is 0.00366 e. The van der Waals surface area contributed by atoms with Crippen LogP contribution in [0.15, 0.2) is 18.2 Å². The maximum Gasteiger partial charge on any atom is -0.00366 e. The number of rotatable bonds is 4. The Kier molecular flexibility index (Phi) is 4.51. The molecule has 4 N–H and O–H groups in total. The topological polar surface area (TPSA) is 52.0 Å². The van der Waals surface area contributed by atoms with Crippen LogP contribution >= 0.6 is 0 Å². The number of hydrogen-bond acceptors (Lipinski definition) is 2. The molecule has 90 valence electrons. The monoisotopic (exact) mass is 220 g/mol. The van der Waals surface area contributed by atoms with Gasteiger partial charge in [-0.3, -0.25) is 0 Å². The molecule has 0 radical (unpaired) electrons. The van der Waals surface area contributed by atoms with Crippen LogP contribution in [0.2, 0.25) is 0 Å². The van der Waals surface area contributed by atoms with E-state index >= 15 is 0 Å². The largest absolute Gasteiger partial charge is 0.330 e. The lowest BCUT2D eigenvalue weighted by atomic mass is 9.84. The summed E-state index contributed by atoms with van der Waals surface area (Å²) in [5.41, 5.74) is 15.6. The van der Waals surface area contributed by atoms with Crippen molar-refractivity contribution in [2.75, 3.05) is 13.1 Å². The van der Waals surface area contributed by atoms with E-state index in [1.807, 2.05) is 0 Å². The third-order valence-electron chi connectivity index (χ3n) is 2.90. The van der Waals surface area contributed by atoms with Gasteiger partial charge in [-0.25, -0.2) is 0 Å². The fraction of sp³-hybridized carbons (Fsp3) is 0.571. The zero-order chi connectivity index (χ0) is 12.2. The summed E-state index contributed by atoms with van der Waals surface area (Å²) in [6.07, 6.45) is 1.89. The van der Waals surface area contributed by atoms with E-state index in [4.69, 9.17) is 11.5 Å². The van der Waals surface area contributed by atoms with Gasteiger partial charge in [0.05, 0.1) is 0 Å². The van der Waals surface area contributed by atoms with Gasteiger partial charge in [0.25, 0.3) is 0 Å². The van der Waals surface area contributed by atoms with Crippen LogP contribution in [-0.2, 0) is 18.3 Å². The van der Waals surface area contributed by atoms with Crippen LogP contribution < -0.4 is 11.5 Å². The van der Waals surface area contributed by atoms with Gasteiger partial charge < -0.3 is 11.5 Å². The third-order valence-corrected chi connectivity index (χ3v) is 2.90. The van der Waals surface area contributed by atoms with Crippen molar-refractivity contribution in [2.24, 2.45) is 11.5 Å². The van der Waals surface area contributed by atoms with Crippen LogP contribution in [0, 0.1) is 0 Å². The first-order valence-electron chi connectivity index (χ1n) is 6.01. The highest BCUT2D eigenvalue weighted by Gasteiger charge is 2.14. The molecule has 0 heterocycles. The minimum Gasteiger partial charge on any atom is -0.330 e. The van der Waals surface area contributed by atoms with Crippen molar-refractivity contribution >= 4 is 0 Å². The molecule has 1 aromatic rings. The van der Waals surface area contributed by atoms with Crippen molar-refractivity contribution in [1.29, 1.82) is 0 Å². The fourth-order valence-electron chi connectivity index (χ4n) is 1.88. The maximum absolute atomic E-state index is 5.65. The Balaban J connectivity index is 3.06. The van der Waals surface area contributed by atoms with Gasteiger partial charge in [0, 0.05) is 0 Å². The minimum atomic E-state index is 0.199. The summed E-state index contributed by atoms with van der Waals surface area (Å²) in [6, 6.07) is 6.71. The SMILES string of the molecule is CC(C)(C)c1ccc(CCN)c(CCN)c1. The Morgan fingerprint density at radius 3 is 2.00 bits per heavy atom. The number of hydrogen-bond donors (Lipinski definition) is 2. The van der Waals surface area contributed by atoms with Gasteiger partial charge in [-0.15, -0.1) is 0 Å². The molecule has 0 spiro atoms. The van der Waals surface area contributed by atoms with Crippen LogP contribution in [0.25, 0.3) is 0 Å². The molecule has 0 fully saturated rings. The first-order valence-corrected chi connectivity index (χ1v) is 6.01. The van der Waals surface area contributed by atoms with Crippen molar-refractivity contribution in [3.8, 4) is 0 Å². The van der Waals surface area contributed by atoms with Gasteiger partial charge in [0.1, 0.15) is 0 Å². The molecule has 16 heavy (non-hydrogen) atoms. The second-order valence-corrected chi connectivity index (χ2v) is 5.31. The number of benzene rings is 1. The van der Waals surface area contributed by atoms with E-state index in [1.165, 1.54) is 16.7 Å². The zero-order valence-corrected chi connectivity index (χ0v) is 10.7. The molecule has 2 heteroatoms. The second-order valence-electron chi connectivity index (χ2n) is 5.31. The van der Waals surface area contributed by atoms with Crippen molar-refractivity contribution in [2.45, 2.75) is 39.0 Å². The van der Waals surface area contributed by atoms with Gasteiger partial charge in [-0.2, -0.15) is 0 Å². The molecule has 1 aromatic carbocycles. The van der Waals surface area contributed by atoms with Gasteiger partial charge >= 0.3 is 0 Å². The normalized spacial score (nSPS) is 11.8. The number of nitrogens with two attached hydrogens (primary N) is 2. The Morgan fingerprint density at radius 2 is 1.50 bits per heavy atom. The van der Waals surface area contributed by atoms with Crippen LogP contribution in [0.3, 0.4) is 0 Å². The summed E-state index contributed by atoms with van der Waals surface area (Å²) in [4.78, 5) is 0. The van der Waals surface area contributed by atoms with Crippen LogP contribution in [-0.4, -0.2) is 13.1 Å². The van der Waals surface area contributed by atoms with Crippen molar-refractivity contribution < 1.29 is 0 Å². The van der Waals surface area contributed by atoms with Gasteiger partial charge in [-0.1, -0.05) is 39.0 Å². The quantitative estimate of drug-likeness (QED) is 0.815. The minimum absolute atomic E-state index is 0.199. The maximum atomic E-state index is 5.65. The highest BCUT2D eigenvalue weighted by molar-refractivity contribution is 5.35. The fourth-order valence-corrected chi connectivity index (χ4v) is 1.88. The third kappa shape index (κ3) is 3.32. The van der Waals surface area contributed by atoms with Crippen LogP contribution in [0.1, 0.15) is 37.5 Å². The van der Waals surface area contributed by atoms with E-state index in [9.17, 15) is 0 Å². The first kappa shape index (κ1) is 13.2. The molecule has 0 aromatic heterocycles. The average Bonchev–Trinajstić information content (AvgIpc) is 2.19. The van der Waals surface area contributed by atoms with Crippen molar-refractivity contribution in [3.63, 3.8) is 0 Å². The highest BCUT2D eigenvalue weighted by Crippen LogP contribution is 2.25.